The SMILES string of the molecule is CN(c1ccccc1)S(=O)(=O)c1cccc(NC(=O)Cc2cc(Cl)c3c(c2)OCCCO3)c1. The van der Waals surface area contributed by atoms with E-state index in [9.17, 15) is 13.2 Å². The molecular formula is C24H23ClN2O5S. The Morgan fingerprint density at radius 1 is 1.03 bits per heavy atom. The topological polar surface area (TPSA) is 84.9 Å². The Morgan fingerprint density at radius 2 is 1.79 bits per heavy atom. The largest absolute Gasteiger partial charge is 0.489 e. The van der Waals surface area contributed by atoms with Gasteiger partial charge in [-0.3, -0.25) is 9.10 Å². The van der Waals surface area contributed by atoms with Crippen LogP contribution in [0.15, 0.2) is 71.6 Å². The van der Waals surface area contributed by atoms with Crippen LogP contribution in [0.4, 0.5) is 11.4 Å². The molecule has 33 heavy (non-hydrogen) atoms. The predicted octanol–water partition coefficient (Wildman–Crippen LogP) is 4.51. The first-order valence-corrected chi connectivity index (χ1v) is 12.2. The zero-order valence-electron chi connectivity index (χ0n) is 18.0. The molecule has 0 radical (unpaired) electrons. The Hall–Kier alpha value is -3.23. The van der Waals surface area contributed by atoms with E-state index in [-0.39, 0.29) is 17.2 Å². The smallest absolute Gasteiger partial charge is 0.264 e. The van der Waals surface area contributed by atoms with E-state index in [0.29, 0.717) is 46.7 Å². The first-order valence-electron chi connectivity index (χ1n) is 10.4. The highest BCUT2D eigenvalue weighted by Gasteiger charge is 2.22. The average molecular weight is 487 g/mol. The number of hydrogen-bond donors (Lipinski definition) is 1. The fourth-order valence-electron chi connectivity index (χ4n) is 3.45. The van der Waals surface area contributed by atoms with E-state index in [0.717, 1.165) is 6.42 Å². The van der Waals surface area contributed by atoms with E-state index in [1.165, 1.54) is 23.5 Å². The molecule has 9 heteroatoms. The number of anilines is 2. The number of carbonyl (C=O) groups is 1. The molecule has 0 saturated carbocycles. The zero-order chi connectivity index (χ0) is 23.4. The molecule has 0 saturated heterocycles. The van der Waals surface area contributed by atoms with Crippen molar-refractivity contribution in [3.8, 4) is 11.5 Å². The number of halogens is 1. The van der Waals surface area contributed by atoms with Gasteiger partial charge in [0.2, 0.25) is 5.91 Å². The molecule has 7 nitrogen and oxygen atoms in total. The fourth-order valence-corrected chi connectivity index (χ4v) is 4.98. The maximum absolute atomic E-state index is 13.0. The number of nitrogens with zero attached hydrogens (tertiary/aromatic N) is 1. The molecule has 0 atom stereocenters. The van der Waals surface area contributed by atoms with Gasteiger partial charge < -0.3 is 14.8 Å². The number of sulfonamides is 1. The van der Waals surface area contributed by atoms with Crippen LogP contribution < -0.4 is 19.1 Å². The summed E-state index contributed by atoms with van der Waals surface area (Å²) in [6, 6.07) is 18.3. The molecule has 1 amide bonds. The van der Waals surface area contributed by atoms with Gasteiger partial charge in [-0.2, -0.15) is 0 Å². The van der Waals surface area contributed by atoms with Gasteiger partial charge in [-0.15, -0.1) is 0 Å². The molecule has 3 aromatic rings. The number of hydrogen-bond acceptors (Lipinski definition) is 5. The van der Waals surface area contributed by atoms with Crippen molar-refractivity contribution in [2.75, 3.05) is 29.9 Å². The molecule has 1 N–H and O–H groups in total. The standard InChI is InChI=1S/C24H23ClN2O5S/c1-27(19-8-3-2-4-9-19)33(29,30)20-10-5-7-18(16-20)26-23(28)15-17-13-21(25)24-22(14-17)31-11-6-12-32-24/h2-5,7-10,13-14,16H,6,11-12,15H2,1H3,(H,26,28). The monoisotopic (exact) mass is 486 g/mol. The third-order valence-corrected chi connectivity index (χ3v) is 7.18. The van der Waals surface area contributed by atoms with Crippen molar-refractivity contribution >= 4 is 38.9 Å². The summed E-state index contributed by atoms with van der Waals surface area (Å²) >= 11 is 6.31. The lowest BCUT2D eigenvalue weighted by Crippen LogP contribution is -2.26. The van der Waals surface area contributed by atoms with Crippen molar-refractivity contribution in [3.63, 3.8) is 0 Å². The molecular weight excluding hydrogens is 464 g/mol. The van der Waals surface area contributed by atoms with Crippen LogP contribution in [0.5, 0.6) is 11.5 Å². The van der Waals surface area contributed by atoms with Gasteiger partial charge in [0.15, 0.2) is 11.5 Å². The van der Waals surface area contributed by atoms with Crippen LogP contribution in [0.2, 0.25) is 5.02 Å². The van der Waals surface area contributed by atoms with Crippen molar-refractivity contribution in [2.45, 2.75) is 17.7 Å². The maximum Gasteiger partial charge on any atom is 0.264 e. The van der Waals surface area contributed by atoms with E-state index in [1.54, 1.807) is 48.5 Å². The van der Waals surface area contributed by atoms with Crippen molar-refractivity contribution in [3.05, 3.63) is 77.3 Å². The Balaban J connectivity index is 1.49. The molecule has 1 aliphatic heterocycles. The Morgan fingerprint density at radius 3 is 2.58 bits per heavy atom. The molecule has 0 aliphatic carbocycles. The number of benzene rings is 3. The van der Waals surface area contributed by atoms with Gasteiger partial charge in [-0.05, 0) is 48.0 Å². The Labute approximate surface area is 197 Å². The second-order valence-electron chi connectivity index (χ2n) is 7.52. The number of carbonyl (C=O) groups excluding carboxylic acids is 1. The quantitative estimate of drug-likeness (QED) is 0.554. The van der Waals surface area contributed by atoms with Gasteiger partial charge in [0.05, 0.1) is 35.2 Å². The van der Waals surface area contributed by atoms with Crippen LogP contribution >= 0.6 is 11.6 Å². The summed E-state index contributed by atoms with van der Waals surface area (Å²) < 4.78 is 38.6. The summed E-state index contributed by atoms with van der Waals surface area (Å²) in [6.45, 7) is 1.03. The number of para-hydroxylation sites is 1. The maximum atomic E-state index is 13.0. The molecule has 4 rings (SSSR count). The summed E-state index contributed by atoms with van der Waals surface area (Å²) in [7, 11) is -2.30. The third kappa shape index (κ3) is 5.23. The van der Waals surface area contributed by atoms with E-state index >= 15 is 0 Å². The van der Waals surface area contributed by atoms with Gasteiger partial charge in [-0.25, -0.2) is 8.42 Å². The highest BCUT2D eigenvalue weighted by Crippen LogP contribution is 2.38. The molecule has 172 valence electrons. The van der Waals surface area contributed by atoms with Gasteiger partial charge in [0.1, 0.15) is 0 Å². The van der Waals surface area contributed by atoms with Crippen LogP contribution in [-0.2, 0) is 21.2 Å². The number of amides is 1. The summed E-state index contributed by atoms with van der Waals surface area (Å²) in [5.74, 6) is 0.685. The normalized spacial score (nSPS) is 13.2. The minimum atomic E-state index is -3.79. The average Bonchev–Trinajstić information content (AvgIpc) is 3.05. The molecule has 1 heterocycles. The van der Waals surface area contributed by atoms with Crippen molar-refractivity contribution in [1.29, 1.82) is 0 Å². The van der Waals surface area contributed by atoms with Crippen LogP contribution in [0.25, 0.3) is 0 Å². The van der Waals surface area contributed by atoms with Crippen LogP contribution in [-0.4, -0.2) is 34.6 Å². The first-order chi connectivity index (χ1) is 15.8. The van der Waals surface area contributed by atoms with E-state index in [1.807, 2.05) is 6.07 Å². The highest BCUT2D eigenvalue weighted by atomic mass is 35.5. The highest BCUT2D eigenvalue weighted by molar-refractivity contribution is 7.92. The van der Waals surface area contributed by atoms with Gasteiger partial charge in [0.25, 0.3) is 10.0 Å². The minimum absolute atomic E-state index is 0.0389. The predicted molar refractivity (Wildman–Crippen MR) is 128 cm³/mol. The Kier molecular flexibility index (Phi) is 6.76. The summed E-state index contributed by atoms with van der Waals surface area (Å²) in [5, 5.41) is 3.14. The molecule has 0 aromatic heterocycles. The second-order valence-corrected chi connectivity index (χ2v) is 9.89. The van der Waals surface area contributed by atoms with Crippen LogP contribution in [0.3, 0.4) is 0 Å². The lowest BCUT2D eigenvalue weighted by molar-refractivity contribution is -0.115. The van der Waals surface area contributed by atoms with E-state index in [2.05, 4.69) is 5.32 Å². The summed E-state index contributed by atoms with van der Waals surface area (Å²) in [4.78, 5) is 12.7. The lowest BCUT2D eigenvalue weighted by Gasteiger charge is -2.20. The van der Waals surface area contributed by atoms with Gasteiger partial charge in [0, 0.05) is 19.2 Å². The number of nitrogens with one attached hydrogen (secondary N) is 1. The lowest BCUT2D eigenvalue weighted by atomic mass is 10.1. The first kappa shape index (κ1) is 22.9. The van der Waals surface area contributed by atoms with E-state index in [4.69, 9.17) is 21.1 Å². The van der Waals surface area contributed by atoms with Crippen LogP contribution in [0, 0.1) is 0 Å². The van der Waals surface area contributed by atoms with Crippen LogP contribution in [0.1, 0.15) is 12.0 Å². The number of fused-ring (bicyclic) bond motifs is 1. The Bertz CT molecular complexity index is 1270. The summed E-state index contributed by atoms with van der Waals surface area (Å²) in [6.07, 6.45) is 0.788. The molecule has 3 aromatic carbocycles. The molecule has 0 unspecified atom stereocenters. The zero-order valence-corrected chi connectivity index (χ0v) is 19.5. The van der Waals surface area contributed by atoms with Crippen molar-refractivity contribution in [1.82, 2.24) is 0 Å². The molecule has 0 spiro atoms. The summed E-state index contributed by atoms with van der Waals surface area (Å²) in [5.41, 5.74) is 1.58. The third-order valence-electron chi connectivity index (χ3n) is 5.12. The van der Waals surface area contributed by atoms with Gasteiger partial charge >= 0.3 is 0 Å². The van der Waals surface area contributed by atoms with E-state index < -0.39 is 10.0 Å². The number of rotatable bonds is 6. The molecule has 1 aliphatic rings. The molecule has 0 fully saturated rings. The fraction of sp³-hybridized carbons (Fsp3) is 0.208. The number of ether oxygens (including phenoxy) is 2. The second kappa shape index (κ2) is 9.72. The van der Waals surface area contributed by atoms with Gasteiger partial charge in [-0.1, -0.05) is 35.9 Å². The van der Waals surface area contributed by atoms with Crippen molar-refractivity contribution in [2.24, 2.45) is 0 Å². The minimum Gasteiger partial charge on any atom is -0.489 e. The molecule has 0 bridgehead atoms. The van der Waals surface area contributed by atoms with Crippen molar-refractivity contribution < 1.29 is 22.7 Å².